The number of ether oxygens (including phenoxy) is 1. The molecule has 0 bridgehead atoms. The second-order valence-corrected chi connectivity index (χ2v) is 5.80. The van der Waals surface area contributed by atoms with Crippen molar-refractivity contribution in [2.24, 2.45) is 0 Å². The molecule has 0 spiro atoms. The van der Waals surface area contributed by atoms with Gasteiger partial charge in [0, 0.05) is 6.54 Å². The van der Waals surface area contributed by atoms with E-state index in [2.05, 4.69) is 9.46 Å². The van der Waals surface area contributed by atoms with Gasteiger partial charge >= 0.3 is 5.97 Å². The number of aliphatic hydroxyl groups is 2. The van der Waals surface area contributed by atoms with Gasteiger partial charge < -0.3 is 19.4 Å². The molecule has 0 aliphatic rings. The number of esters is 1. The van der Waals surface area contributed by atoms with Gasteiger partial charge in [0.15, 0.2) is 0 Å². The van der Waals surface area contributed by atoms with E-state index >= 15 is 0 Å². The molecule has 0 saturated carbocycles. The van der Waals surface area contributed by atoms with Crippen LogP contribution in [0.5, 0.6) is 0 Å². The van der Waals surface area contributed by atoms with Crippen molar-refractivity contribution < 1.29 is 32.6 Å². The van der Waals surface area contributed by atoms with Crippen LogP contribution in [0, 0.1) is 13.8 Å². The molecule has 1 aromatic heterocycles. The van der Waals surface area contributed by atoms with Gasteiger partial charge in [0.05, 0.1) is 19.8 Å². The van der Waals surface area contributed by atoms with Gasteiger partial charge in [-0.1, -0.05) is 0 Å². The zero-order valence-electron chi connectivity index (χ0n) is 11.3. The lowest BCUT2D eigenvalue weighted by molar-refractivity contribution is 0.0595. The number of carbonyl (C=O) groups is 1. The Hall–Kier alpha value is -1.42. The molecular weight excluding hydrogens is 290 g/mol. The Morgan fingerprint density at radius 3 is 2.50 bits per heavy atom. The summed E-state index contributed by atoms with van der Waals surface area (Å²) in [7, 11) is -2.95. The molecule has 114 valence electrons. The fourth-order valence-electron chi connectivity index (χ4n) is 1.67. The van der Waals surface area contributed by atoms with E-state index < -0.39 is 28.7 Å². The van der Waals surface area contributed by atoms with Crippen LogP contribution in [0.25, 0.3) is 0 Å². The van der Waals surface area contributed by atoms with Crippen LogP contribution in [0.2, 0.25) is 0 Å². The van der Waals surface area contributed by atoms with Crippen LogP contribution in [-0.4, -0.2) is 51.0 Å². The Labute approximate surface area is 116 Å². The van der Waals surface area contributed by atoms with E-state index in [1.54, 1.807) is 0 Å². The van der Waals surface area contributed by atoms with Crippen molar-refractivity contribution in [1.82, 2.24) is 4.72 Å². The van der Waals surface area contributed by atoms with E-state index in [0.29, 0.717) is 0 Å². The summed E-state index contributed by atoms with van der Waals surface area (Å²) in [5, 5.41) is 17.8. The molecule has 9 heteroatoms. The Morgan fingerprint density at radius 2 is 2.00 bits per heavy atom. The normalized spacial score (nSPS) is 13.2. The van der Waals surface area contributed by atoms with E-state index in [1.165, 1.54) is 13.8 Å². The Morgan fingerprint density at radius 1 is 1.40 bits per heavy atom. The summed E-state index contributed by atoms with van der Waals surface area (Å²) in [6.07, 6.45) is -1.24. The largest absolute Gasteiger partial charge is 0.465 e. The molecule has 1 heterocycles. The number of carbonyl (C=O) groups excluding carboxylic acids is 1. The average molecular weight is 307 g/mol. The van der Waals surface area contributed by atoms with Crippen LogP contribution in [0.4, 0.5) is 0 Å². The SMILES string of the molecule is COC(=O)c1c(C)oc(C)c1S(=O)(=O)NCC(O)CO. The third-order valence-electron chi connectivity index (χ3n) is 2.58. The number of sulfonamides is 1. The van der Waals surface area contributed by atoms with Crippen molar-refractivity contribution >= 4 is 16.0 Å². The molecular formula is C11H17NO7S. The average Bonchev–Trinajstić information content (AvgIpc) is 2.70. The second kappa shape index (κ2) is 6.35. The first-order valence-corrected chi connectivity index (χ1v) is 7.19. The molecule has 8 nitrogen and oxygen atoms in total. The molecule has 20 heavy (non-hydrogen) atoms. The fourth-order valence-corrected chi connectivity index (χ4v) is 3.14. The first kappa shape index (κ1) is 16.6. The Balaban J connectivity index is 3.21. The van der Waals surface area contributed by atoms with Crippen LogP contribution in [0.3, 0.4) is 0 Å². The molecule has 0 aliphatic carbocycles. The summed E-state index contributed by atoms with van der Waals surface area (Å²) in [6, 6.07) is 0. The second-order valence-electron chi connectivity index (χ2n) is 4.10. The summed E-state index contributed by atoms with van der Waals surface area (Å²) in [6.45, 7) is 1.87. The molecule has 0 saturated heterocycles. The predicted molar refractivity (Wildman–Crippen MR) is 67.8 cm³/mol. The quantitative estimate of drug-likeness (QED) is 0.594. The molecule has 3 N–H and O–H groups in total. The third kappa shape index (κ3) is 3.37. The van der Waals surface area contributed by atoms with Crippen molar-refractivity contribution in [3.63, 3.8) is 0 Å². The van der Waals surface area contributed by atoms with Crippen LogP contribution >= 0.6 is 0 Å². The zero-order valence-corrected chi connectivity index (χ0v) is 12.2. The minimum absolute atomic E-state index is 0.0360. The van der Waals surface area contributed by atoms with E-state index in [-0.39, 0.29) is 28.5 Å². The fraction of sp³-hybridized carbons (Fsp3) is 0.545. The van der Waals surface area contributed by atoms with Gasteiger partial charge in [0.2, 0.25) is 10.0 Å². The molecule has 1 unspecified atom stereocenters. The summed E-state index contributed by atoms with van der Waals surface area (Å²) < 4.78 is 36.1. The zero-order chi connectivity index (χ0) is 15.5. The number of methoxy groups -OCH3 is 1. The number of rotatable bonds is 6. The van der Waals surface area contributed by atoms with E-state index in [1.807, 2.05) is 0 Å². The van der Waals surface area contributed by atoms with Gasteiger partial charge in [0.25, 0.3) is 0 Å². The molecule has 0 radical (unpaired) electrons. The summed E-state index contributed by atoms with van der Waals surface area (Å²) in [5.41, 5.74) is -0.184. The summed E-state index contributed by atoms with van der Waals surface area (Å²) in [4.78, 5) is 11.3. The lowest BCUT2D eigenvalue weighted by Crippen LogP contribution is -2.34. The van der Waals surface area contributed by atoms with E-state index in [9.17, 15) is 18.3 Å². The molecule has 0 amide bonds. The lowest BCUT2D eigenvalue weighted by Gasteiger charge is -2.10. The van der Waals surface area contributed by atoms with Gasteiger partial charge in [-0.15, -0.1) is 0 Å². The monoisotopic (exact) mass is 307 g/mol. The molecule has 1 rings (SSSR count). The summed E-state index contributed by atoms with van der Waals surface area (Å²) in [5.74, 6) is -0.672. The first-order valence-electron chi connectivity index (χ1n) is 5.71. The minimum atomic E-state index is -4.08. The van der Waals surface area contributed by atoms with Crippen LogP contribution in [0.1, 0.15) is 21.9 Å². The van der Waals surface area contributed by atoms with Gasteiger partial charge in [-0.05, 0) is 13.8 Å². The van der Waals surface area contributed by atoms with Crippen LogP contribution < -0.4 is 4.72 Å². The highest BCUT2D eigenvalue weighted by Crippen LogP contribution is 2.27. The molecule has 0 aromatic carbocycles. The maximum absolute atomic E-state index is 12.2. The molecule has 1 atom stereocenters. The van der Waals surface area contributed by atoms with Gasteiger partial charge in [0.1, 0.15) is 22.0 Å². The van der Waals surface area contributed by atoms with E-state index in [0.717, 1.165) is 7.11 Å². The molecule has 0 aliphatic heterocycles. The predicted octanol–water partition coefficient (Wildman–Crippen LogP) is -0.685. The van der Waals surface area contributed by atoms with Gasteiger partial charge in [-0.3, -0.25) is 0 Å². The van der Waals surface area contributed by atoms with Crippen molar-refractivity contribution in [1.29, 1.82) is 0 Å². The van der Waals surface area contributed by atoms with Gasteiger partial charge in [-0.25, -0.2) is 17.9 Å². The van der Waals surface area contributed by atoms with Crippen LogP contribution in [-0.2, 0) is 14.8 Å². The number of aryl methyl sites for hydroxylation is 2. The first-order chi connectivity index (χ1) is 9.24. The van der Waals surface area contributed by atoms with E-state index in [4.69, 9.17) is 9.52 Å². The van der Waals surface area contributed by atoms with Gasteiger partial charge in [-0.2, -0.15) is 0 Å². The van der Waals surface area contributed by atoms with Crippen molar-refractivity contribution in [3.8, 4) is 0 Å². The third-order valence-corrected chi connectivity index (χ3v) is 4.16. The molecule has 1 aromatic rings. The number of furan rings is 1. The highest BCUT2D eigenvalue weighted by atomic mass is 32.2. The standard InChI is InChI=1S/C11H17NO7S/c1-6-9(11(15)18-3)10(7(2)19-6)20(16,17)12-4-8(14)5-13/h8,12-14H,4-5H2,1-3H3. The maximum atomic E-state index is 12.2. The number of nitrogens with one attached hydrogen (secondary N) is 1. The Kier molecular flexibility index (Phi) is 5.28. The number of hydrogen-bond acceptors (Lipinski definition) is 7. The molecule has 0 fully saturated rings. The number of hydrogen-bond donors (Lipinski definition) is 3. The maximum Gasteiger partial charge on any atom is 0.342 e. The number of aliphatic hydroxyl groups excluding tert-OH is 2. The highest BCUT2D eigenvalue weighted by molar-refractivity contribution is 7.89. The van der Waals surface area contributed by atoms with Crippen molar-refractivity contribution in [2.45, 2.75) is 24.8 Å². The smallest absolute Gasteiger partial charge is 0.342 e. The lowest BCUT2D eigenvalue weighted by atomic mass is 10.2. The highest BCUT2D eigenvalue weighted by Gasteiger charge is 2.31. The summed E-state index contributed by atoms with van der Waals surface area (Å²) >= 11 is 0. The topological polar surface area (TPSA) is 126 Å². The van der Waals surface area contributed by atoms with Crippen LogP contribution in [0.15, 0.2) is 9.31 Å². The van der Waals surface area contributed by atoms with Crippen molar-refractivity contribution in [2.75, 3.05) is 20.3 Å². The van der Waals surface area contributed by atoms with Crippen molar-refractivity contribution in [3.05, 3.63) is 17.1 Å². The minimum Gasteiger partial charge on any atom is -0.465 e. The Bertz CT molecular complexity index is 590.